The number of halogens is 2. The molecule has 20 heavy (non-hydrogen) atoms. The third-order valence-corrected chi connectivity index (χ3v) is 4.17. The molecule has 0 bridgehead atoms. The van der Waals surface area contributed by atoms with E-state index in [0.29, 0.717) is 0 Å². The second-order valence-electron chi connectivity index (χ2n) is 4.62. The quantitative estimate of drug-likeness (QED) is 0.625. The second-order valence-corrected chi connectivity index (χ2v) is 5.91. The average Bonchev–Trinajstić information content (AvgIpc) is 2.47. The summed E-state index contributed by atoms with van der Waals surface area (Å²) in [6.45, 7) is 0.756. The van der Waals surface area contributed by atoms with Gasteiger partial charge in [0.2, 0.25) is 0 Å². The van der Waals surface area contributed by atoms with Crippen LogP contribution in [0.15, 0.2) is 65.1 Å². The average molecular weight is 347 g/mol. The minimum Gasteiger partial charge on any atom is -0.380 e. The number of nitrogens with one attached hydrogen (secondary N) is 1. The van der Waals surface area contributed by atoms with Crippen LogP contribution in [0.3, 0.4) is 0 Å². The van der Waals surface area contributed by atoms with Gasteiger partial charge in [-0.05, 0) is 35.2 Å². The highest BCUT2D eigenvalue weighted by Gasteiger charge is 2.03. The first kappa shape index (κ1) is 13.5. The van der Waals surface area contributed by atoms with Crippen molar-refractivity contribution in [2.75, 3.05) is 5.32 Å². The van der Waals surface area contributed by atoms with Crippen LogP contribution in [-0.2, 0) is 6.54 Å². The van der Waals surface area contributed by atoms with Crippen LogP contribution in [0.1, 0.15) is 5.56 Å². The monoisotopic (exact) mass is 345 g/mol. The van der Waals surface area contributed by atoms with Gasteiger partial charge in [0.05, 0.1) is 0 Å². The summed E-state index contributed by atoms with van der Waals surface area (Å²) in [6, 6.07) is 20.4. The number of fused-ring (bicyclic) bond motifs is 1. The van der Waals surface area contributed by atoms with Crippen LogP contribution in [-0.4, -0.2) is 0 Å². The predicted molar refractivity (Wildman–Crippen MR) is 90.4 cm³/mol. The lowest BCUT2D eigenvalue weighted by atomic mass is 10.1. The second kappa shape index (κ2) is 5.86. The summed E-state index contributed by atoms with van der Waals surface area (Å²) in [5.74, 6) is 0. The molecule has 3 aromatic rings. The maximum Gasteiger partial charge on any atom is 0.0423 e. The molecule has 3 heteroatoms. The molecule has 0 aliphatic heterocycles. The smallest absolute Gasteiger partial charge is 0.0423 e. The Hall–Kier alpha value is -1.51. The molecule has 0 aliphatic carbocycles. The molecule has 0 heterocycles. The molecular weight excluding hydrogens is 334 g/mol. The molecule has 3 rings (SSSR count). The number of anilines is 1. The van der Waals surface area contributed by atoms with Gasteiger partial charge in [0.15, 0.2) is 0 Å². The lowest BCUT2D eigenvalue weighted by Crippen LogP contribution is -1.99. The van der Waals surface area contributed by atoms with Gasteiger partial charge in [0.25, 0.3) is 0 Å². The molecule has 100 valence electrons. The van der Waals surface area contributed by atoms with Gasteiger partial charge in [-0.2, -0.15) is 0 Å². The molecule has 0 spiro atoms. The van der Waals surface area contributed by atoms with Crippen LogP contribution >= 0.6 is 27.5 Å². The number of hydrogen-bond acceptors (Lipinski definition) is 1. The molecule has 3 aromatic carbocycles. The molecule has 1 nitrogen and oxygen atoms in total. The van der Waals surface area contributed by atoms with E-state index in [2.05, 4.69) is 57.6 Å². The molecule has 0 aromatic heterocycles. The van der Waals surface area contributed by atoms with Crippen molar-refractivity contribution in [2.24, 2.45) is 0 Å². The summed E-state index contributed by atoms with van der Waals surface area (Å²) in [5, 5.41) is 6.67. The molecular formula is C17H13BrClN. The van der Waals surface area contributed by atoms with Gasteiger partial charge in [0.1, 0.15) is 0 Å². The molecule has 0 radical (unpaired) electrons. The van der Waals surface area contributed by atoms with Crippen LogP contribution < -0.4 is 5.32 Å². The summed E-state index contributed by atoms with van der Waals surface area (Å²) in [6.07, 6.45) is 0. The van der Waals surface area contributed by atoms with Gasteiger partial charge in [-0.1, -0.05) is 63.9 Å². The maximum atomic E-state index is 6.01. The highest BCUT2D eigenvalue weighted by atomic mass is 79.9. The third kappa shape index (κ3) is 2.82. The molecule has 0 unspecified atom stereocenters. The largest absolute Gasteiger partial charge is 0.380 e. The van der Waals surface area contributed by atoms with Crippen molar-refractivity contribution in [3.05, 3.63) is 75.7 Å². The highest BCUT2D eigenvalue weighted by molar-refractivity contribution is 9.10. The number of benzene rings is 3. The molecule has 1 N–H and O–H groups in total. The molecule has 0 saturated heterocycles. The van der Waals surface area contributed by atoms with Crippen molar-refractivity contribution >= 4 is 44.0 Å². The van der Waals surface area contributed by atoms with Crippen LogP contribution in [0, 0.1) is 0 Å². The van der Waals surface area contributed by atoms with Crippen LogP contribution in [0.5, 0.6) is 0 Å². The number of hydrogen-bond donors (Lipinski definition) is 1. The fraction of sp³-hybridized carbons (Fsp3) is 0.0588. The van der Waals surface area contributed by atoms with Gasteiger partial charge < -0.3 is 5.32 Å². The topological polar surface area (TPSA) is 12.0 Å². The summed E-state index contributed by atoms with van der Waals surface area (Å²) < 4.78 is 1.11. The number of rotatable bonds is 3. The lowest BCUT2D eigenvalue weighted by Gasteiger charge is -2.11. The van der Waals surface area contributed by atoms with Crippen LogP contribution in [0.25, 0.3) is 10.8 Å². The Bertz CT molecular complexity index is 755. The zero-order valence-corrected chi connectivity index (χ0v) is 13.1. The molecule has 0 aliphatic rings. The Morgan fingerprint density at radius 2 is 1.70 bits per heavy atom. The molecule has 0 atom stereocenters. The first-order chi connectivity index (χ1) is 9.74. The van der Waals surface area contributed by atoms with E-state index in [4.69, 9.17) is 11.6 Å². The minimum absolute atomic E-state index is 0.756. The van der Waals surface area contributed by atoms with E-state index in [-0.39, 0.29) is 0 Å². The maximum absolute atomic E-state index is 6.01. The summed E-state index contributed by atoms with van der Waals surface area (Å²) in [7, 11) is 0. The van der Waals surface area contributed by atoms with E-state index in [9.17, 15) is 0 Å². The molecule has 0 saturated carbocycles. The zero-order chi connectivity index (χ0) is 13.9. The SMILES string of the molecule is Clc1cccc(CNc2ccc(Br)c3ccccc23)c1. The lowest BCUT2D eigenvalue weighted by molar-refractivity contribution is 1.15. The van der Waals surface area contributed by atoms with E-state index in [0.717, 1.165) is 21.7 Å². The first-order valence-electron chi connectivity index (χ1n) is 6.39. The van der Waals surface area contributed by atoms with E-state index < -0.39 is 0 Å². The predicted octanol–water partition coefficient (Wildman–Crippen LogP) is 5.87. The third-order valence-electron chi connectivity index (χ3n) is 3.24. The van der Waals surface area contributed by atoms with Crippen molar-refractivity contribution in [1.82, 2.24) is 0 Å². The summed E-state index contributed by atoms with van der Waals surface area (Å²) >= 11 is 9.60. The molecule has 0 fully saturated rings. The van der Waals surface area contributed by atoms with Gasteiger partial charge in [-0.3, -0.25) is 0 Å². The minimum atomic E-state index is 0.756. The van der Waals surface area contributed by atoms with Crippen molar-refractivity contribution in [3.8, 4) is 0 Å². The standard InChI is InChI=1S/C17H13BrClN/c18-16-8-9-17(15-7-2-1-6-14(15)16)20-11-12-4-3-5-13(19)10-12/h1-10,20H,11H2. The zero-order valence-electron chi connectivity index (χ0n) is 10.7. The van der Waals surface area contributed by atoms with E-state index in [1.165, 1.54) is 16.3 Å². The Balaban J connectivity index is 1.90. The Kier molecular flexibility index (Phi) is 3.95. The van der Waals surface area contributed by atoms with Crippen molar-refractivity contribution < 1.29 is 0 Å². The fourth-order valence-electron chi connectivity index (χ4n) is 2.26. The van der Waals surface area contributed by atoms with Gasteiger partial charge >= 0.3 is 0 Å². The van der Waals surface area contributed by atoms with Gasteiger partial charge in [-0.25, -0.2) is 0 Å². The first-order valence-corrected chi connectivity index (χ1v) is 7.57. The highest BCUT2D eigenvalue weighted by Crippen LogP contribution is 2.30. The van der Waals surface area contributed by atoms with Gasteiger partial charge in [0, 0.05) is 27.1 Å². The fourth-order valence-corrected chi connectivity index (χ4v) is 2.95. The van der Waals surface area contributed by atoms with E-state index >= 15 is 0 Å². The Morgan fingerprint density at radius 3 is 2.50 bits per heavy atom. The summed E-state index contributed by atoms with van der Waals surface area (Å²) in [5.41, 5.74) is 2.30. The van der Waals surface area contributed by atoms with E-state index in [1.54, 1.807) is 0 Å². The van der Waals surface area contributed by atoms with E-state index in [1.807, 2.05) is 24.3 Å². The summed E-state index contributed by atoms with van der Waals surface area (Å²) in [4.78, 5) is 0. The van der Waals surface area contributed by atoms with Gasteiger partial charge in [-0.15, -0.1) is 0 Å². The molecule has 0 amide bonds. The van der Waals surface area contributed by atoms with Crippen molar-refractivity contribution in [1.29, 1.82) is 0 Å². The Morgan fingerprint density at radius 1 is 0.900 bits per heavy atom. The Labute approximate surface area is 131 Å². The normalized spacial score (nSPS) is 10.7. The van der Waals surface area contributed by atoms with Crippen LogP contribution in [0.2, 0.25) is 5.02 Å². The van der Waals surface area contributed by atoms with Crippen molar-refractivity contribution in [3.63, 3.8) is 0 Å². The van der Waals surface area contributed by atoms with Crippen molar-refractivity contribution in [2.45, 2.75) is 6.54 Å². The van der Waals surface area contributed by atoms with Crippen LogP contribution in [0.4, 0.5) is 5.69 Å².